The number of halogens is 1. The van der Waals surface area contributed by atoms with Gasteiger partial charge in [-0.15, -0.1) is 0 Å². The van der Waals surface area contributed by atoms with Crippen molar-refractivity contribution >= 4 is 29.3 Å². The van der Waals surface area contributed by atoms with Crippen molar-refractivity contribution in [3.05, 3.63) is 80.5 Å². The summed E-state index contributed by atoms with van der Waals surface area (Å²) in [6.45, 7) is 3.79. The smallest absolute Gasteiger partial charge is 0.338 e. The van der Waals surface area contributed by atoms with E-state index >= 15 is 0 Å². The molecule has 2 aromatic rings. The van der Waals surface area contributed by atoms with Crippen LogP contribution in [0.15, 0.2) is 59.8 Å². The van der Waals surface area contributed by atoms with E-state index in [0.717, 1.165) is 0 Å². The van der Waals surface area contributed by atoms with Crippen LogP contribution in [0.3, 0.4) is 0 Å². The number of rotatable bonds is 8. The maximum absolute atomic E-state index is 13.0. The Labute approximate surface area is 189 Å². The Morgan fingerprint density at radius 3 is 2.53 bits per heavy atom. The maximum atomic E-state index is 13.0. The maximum Gasteiger partial charge on any atom is 0.338 e. The van der Waals surface area contributed by atoms with Gasteiger partial charge in [0.05, 0.1) is 28.8 Å². The number of amides is 2. The summed E-state index contributed by atoms with van der Waals surface area (Å²) in [4.78, 5) is 37.7. The van der Waals surface area contributed by atoms with Gasteiger partial charge in [0.1, 0.15) is 12.4 Å². The molecule has 10 heteroatoms. The molecule has 2 amide bonds. The molecule has 0 saturated heterocycles. The topological polar surface area (TPSA) is 111 Å². The van der Waals surface area contributed by atoms with Gasteiger partial charge in [-0.1, -0.05) is 17.7 Å². The highest BCUT2D eigenvalue weighted by molar-refractivity contribution is 6.30. The van der Waals surface area contributed by atoms with Crippen LogP contribution in [0.25, 0.3) is 0 Å². The molecule has 1 aliphatic rings. The fraction of sp³-hybridized carbons (Fsp3) is 0.273. The molecule has 0 saturated carbocycles. The number of nitrogens with one attached hydrogen (secondary N) is 1. The minimum atomic E-state index is -0.858. The summed E-state index contributed by atoms with van der Waals surface area (Å²) in [6, 6.07) is 11.1. The quantitative estimate of drug-likeness (QED) is 0.359. The van der Waals surface area contributed by atoms with Crippen LogP contribution in [-0.4, -0.2) is 41.6 Å². The first-order valence-corrected chi connectivity index (χ1v) is 10.3. The minimum Gasteiger partial charge on any atom is -0.487 e. The Bertz CT molecular complexity index is 1050. The number of nitrogens with zero attached hydrogens (tertiary/aromatic N) is 2. The standard InChI is InChI=1S/C22H22ClN3O6/c1-3-25-18(13-32-17-7-5-6-15(23)12-17)19(21(27)31-4-2)20(24-22(25)28)14-8-10-16(11-9-14)26(29)30/h5-12,20H,3-4,13H2,1-2H3,(H,24,28). The van der Waals surface area contributed by atoms with E-state index in [0.29, 0.717) is 22.0 Å². The molecule has 0 spiro atoms. The second kappa shape index (κ2) is 10.1. The van der Waals surface area contributed by atoms with E-state index in [9.17, 15) is 19.7 Å². The molecule has 9 nitrogen and oxygen atoms in total. The van der Waals surface area contributed by atoms with Crippen molar-refractivity contribution in [2.75, 3.05) is 19.8 Å². The van der Waals surface area contributed by atoms with Gasteiger partial charge in [-0.3, -0.25) is 15.0 Å². The molecule has 168 valence electrons. The van der Waals surface area contributed by atoms with E-state index in [4.69, 9.17) is 21.1 Å². The van der Waals surface area contributed by atoms with Crippen molar-refractivity contribution in [2.24, 2.45) is 0 Å². The molecule has 1 unspecified atom stereocenters. The van der Waals surface area contributed by atoms with Crippen LogP contribution in [0.1, 0.15) is 25.5 Å². The lowest BCUT2D eigenvalue weighted by molar-refractivity contribution is -0.384. The van der Waals surface area contributed by atoms with Gasteiger partial charge in [-0.2, -0.15) is 0 Å². The largest absolute Gasteiger partial charge is 0.487 e. The number of nitro groups is 1. The van der Waals surface area contributed by atoms with Crippen LogP contribution in [0.2, 0.25) is 5.02 Å². The Morgan fingerprint density at radius 1 is 1.22 bits per heavy atom. The van der Waals surface area contributed by atoms with E-state index in [-0.39, 0.29) is 31.0 Å². The highest BCUT2D eigenvalue weighted by atomic mass is 35.5. The lowest BCUT2D eigenvalue weighted by Crippen LogP contribution is -2.49. The van der Waals surface area contributed by atoms with Crippen LogP contribution in [0, 0.1) is 10.1 Å². The normalized spacial score (nSPS) is 15.9. The van der Waals surface area contributed by atoms with Crippen molar-refractivity contribution in [1.29, 1.82) is 0 Å². The van der Waals surface area contributed by atoms with Gasteiger partial charge in [-0.25, -0.2) is 9.59 Å². The third-order valence-electron chi connectivity index (χ3n) is 4.86. The van der Waals surface area contributed by atoms with Crippen LogP contribution in [-0.2, 0) is 9.53 Å². The van der Waals surface area contributed by atoms with Crippen molar-refractivity contribution < 1.29 is 24.0 Å². The Balaban J connectivity index is 2.06. The Hall–Kier alpha value is -3.59. The molecule has 0 bridgehead atoms. The highest BCUT2D eigenvalue weighted by Crippen LogP contribution is 2.33. The SMILES string of the molecule is CCOC(=O)C1=C(COc2cccc(Cl)c2)N(CC)C(=O)NC1c1ccc([N+](=O)[O-])cc1. The van der Waals surface area contributed by atoms with Crippen LogP contribution in [0.4, 0.5) is 10.5 Å². The second-order valence-corrected chi connectivity index (χ2v) is 7.24. The molecular weight excluding hydrogens is 438 g/mol. The Kier molecular flexibility index (Phi) is 7.32. The van der Waals surface area contributed by atoms with Gasteiger partial charge in [-0.05, 0) is 49.7 Å². The van der Waals surface area contributed by atoms with E-state index in [2.05, 4.69) is 5.32 Å². The van der Waals surface area contributed by atoms with E-state index in [1.165, 1.54) is 29.2 Å². The summed E-state index contributed by atoms with van der Waals surface area (Å²) in [6.07, 6.45) is 0. The van der Waals surface area contributed by atoms with Crippen LogP contribution in [0.5, 0.6) is 5.75 Å². The van der Waals surface area contributed by atoms with E-state index in [1.807, 2.05) is 0 Å². The molecule has 1 atom stereocenters. The number of benzene rings is 2. The molecule has 32 heavy (non-hydrogen) atoms. The highest BCUT2D eigenvalue weighted by Gasteiger charge is 2.38. The lowest BCUT2D eigenvalue weighted by Gasteiger charge is -2.36. The zero-order valence-electron chi connectivity index (χ0n) is 17.5. The van der Waals surface area contributed by atoms with Crippen molar-refractivity contribution in [2.45, 2.75) is 19.9 Å². The number of nitro benzene ring substituents is 1. The molecule has 1 N–H and O–H groups in total. The molecule has 2 aromatic carbocycles. The van der Waals surface area contributed by atoms with Crippen molar-refractivity contribution in [1.82, 2.24) is 10.2 Å². The summed E-state index contributed by atoms with van der Waals surface area (Å²) in [5.41, 5.74) is 0.947. The summed E-state index contributed by atoms with van der Waals surface area (Å²) >= 11 is 6.02. The summed E-state index contributed by atoms with van der Waals surface area (Å²) in [7, 11) is 0. The summed E-state index contributed by atoms with van der Waals surface area (Å²) < 4.78 is 11.1. The van der Waals surface area contributed by atoms with E-state index < -0.39 is 23.0 Å². The average Bonchev–Trinajstić information content (AvgIpc) is 2.77. The van der Waals surface area contributed by atoms with Gasteiger partial charge in [0, 0.05) is 23.7 Å². The van der Waals surface area contributed by atoms with E-state index in [1.54, 1.807) is 38.1 Å². The van der Waals surface area contributed by atoms with Gasteiger partial charge in [0.2, 0.25) is 0 Å². The van der Waals surface area contributed by atoms with Crippen molar-refractivity contribution in [3.63, 3.8) is 0 Å². The average molecular weight is 460 g/mol. The third kappa shape index (κ3) is 5.00. The molecule has 0 aliphatic carbocycles. The molecule has 0 fully saturated rings. The number of ether oxygens (including phenoxy) is 2. The number of non-ortho nitro benzene ring substituents is 1. The van der Waals surface area contributed by atoms with Gasteiger partial charge >= 0.3 is 12.0 Å². The second-order valence-electron chi connectivity index (χ2n) is 6.80. The number of hydrogen-bond acceptors (Lipinski definition) is 6. The zero-order valence-corrected chi connectivity index (χ0v) is 18.3. The fourth-order valence-electron chi connectivity index (χ4n) is 3.39. The molecular formula is C22H22ClN3O6. The number of hydrogen-bond donors (Lipinski definition) is 1. The first-order chi connectivity index (χ1) is 15.3. The number of carbonyl (C=O) groups is 2. The molecule has 1 aliphatic heterocycles. The summed E-state index contributed by atoms with van der Waals surface area (Å²) in [5.74, 6) is -0.138. The number of likely N-dealkylation sites (N-methyl/N-ethyl adjacent to an activating group) is 1. The fourth-order valence-corrected chi connectivity index (χ4v) is 3.57. The molecule has 0 radical (unpaired) electrons. The summed E-state index contributed by atoms with van der Waals surface area (Å²) in [5, 5.41) is 14.3. The Morgan fingerprint density at radius 2 is 1.94 bits per heavy atom. The predicted molar refractivity (Wildman–Crippen MR) is 117 cm³/mol. The van der Waals surface area contributed by atoms with Gasteiger partial charge < -0.3 is 14.8 Å². The number of urea groups is 1. The van der Waals surface area contributed by atoms with Crippen LogP contribution >= 0.6 is 11.6 Å². The van der Waals surface area contributed by atoms with Crippen LogP contribution < -0.4 is 10.1 Å². The molecule has 3 rings (SSSR count). The minimum absolute atomic E-state index is 0.0841. The van der Waals surface area contributed by atoms with Crippen molar-refractivity contribution in [3.8, 4) is 5.75 Å². The van der Waals surface area contributed by atoms with Gasteiger partial charge in [0.15, 0.2) is 0 Å². The third-order valence-corrected chi connectivity index (χ3v) is 5.09. The first kappa shape index (κ1) is 23.1. The molecule has 0 aromatic heterocycles. The monoisotopic (exact) mass is 459 g/mol. The first-order valence-electron chi connectivity index (χ1n) is 9.96. The zero-order chi connectivity index (χ0) is 23.3. The number of carbonyl (C=O) groups excluding carboxylic acids is 2. The molecule has 1 heterocycles. The predicted octanol–water partition coefficient (Wildman–Crippen LogP) is 4.23. The van der Waals surface area contributed by atoms with Gasteiger partial charge in [0.25, 0.3) is 5.69 Å². The number of esters is 1. The lowest BCUT2D eigenvalue weighted by atomic mass is 9.94.